The average molecular weight is 292 g/mol. The number of nitrogens with zero attached hydrogens (tertiary/aromatic N) is 2. The van der Waals surface area contributed by atoms with Gasteiger partial charge in [0.15, 0.2) is 5.69 Å². The fourth-order valence-corrected chi connectivity index (χ4v) is 2.50. The summed E-state index contributed by atoms with van der Waals surface area (Å²) in [7, 11) is 0. The number of aromatic amines is 1. The zero-order valence-corrected chi connectivity index (χ0v) is 11.2. The molecule has 3 N–H and O–H groups in total. The average Bonchev–Trinajstić information content (AvgIpc) is 2.98. The molecule has 0 bridgehead atoms. The number of H-pyrrole nitrogens is 1. The van der Waals surface area contributed by atoms with Crippen molar-refractivity contribution >= 4 is 23.2 Å². The molecule has 0 spiro atoms. The van der Waals surface area contributed by atoms with E-state index in [1.54, 1.807) is 6.07 Å². The van der Waals surface area contributed by atoms with Gasteiger partial charge < -0.3 is 10.4 Å². The lowest BCUT2D eigenvalue weighted by molar-refractivity contribution is 0.0691. The Morgan fingerprint density at radius 1 is 1.45 bits per heavy atom. The monoisotopic (exact) mass is 292 g/mol. The molecule has 104 valence electrons. The molecule has 20 heavy (non-hydrogen) atoms. The summed E-state index contributed by atoms with van der Waals surface area (Å²) >= 11 is 1.20. The number of aromatic nitrogens is 3. The molecule has 1 amide bonds. The maximum Gasteiger partial charge on any atom is 0.355 e. The van der Waals surface area contributed by atoms with E-state index in [0.717, 1.165) is 18.5 Å². The van der Waals surface area contributed by atoms with Gasteiger partial charge in [-0.3, -0.25) is 9.89 Å². The zero-order chi connectivity index (χ0) is 14.1. The Labute approximate surface area is 118 Å². The van der Waals surface area contributed by atoms with Crippen LogP contribution in [-0.2, 0) is 6.54 Å². The van der Waals surface area contributed by atoms with Crippen LogP contribution in [0.2, 0.25) is 0 Å². The van der Waals surface area contributed by atoms with Crippen molar-refractivity contribution < 1.29 is 14.7 Å². The van der Waals surface area contributed by atoms with Gasteiger partial charge in [0.2, 0.25) is 0 Å². The lowest BCUT2D eigenvalue weighted by atomic mass is 10.2. The number of rotatable bonds is 5. The number of carbonyl (C=O) groups is 2. The maximum absolute atomic E-state index is 11.9. The van der Waals surface area contributed by atoms with Gasteiger partial charge in [-0.05, 0) is 18.9 Å². The van der Waals surface area contributed by atoms with Gasteiger partial charge in [0.25, 0.3) is 5.91 Å². The van der Waals surface area contributed by atoms with E-state index >= 15 is 0 Å². The number of carbonyl (C=O) groups excluding carboxylic acids is 1. The topological polar surface area (TPSA) is 108 Å². The summed E-state index contributed by atoms with van der Waals surface area (Å²) in [6, 6.07) is 1.76. The maximum atomic E-state index is 11.9. The van der Waals surface area contributed by atoms with Crippen LogP contribution >= 0.6 is 11.3 Å². The van der Waals surface area contributed by atoms with Crippen LogP contribution in [0.25, 0.3) is 0 Å². The molecule has 2 aromatic rings. The fourth-order valence-electron chi connectivity index (χ4n) is 1.79. The van der Waals surface area contributed by atoms with E-state index in [0.29, 0.717) is 16.6 Å². The van der Waals surface area contributed by atoms with E-state index < -0.39 is 5.97 Å². The first-order chi connectivity index (χ1) is 9.63. The third-order valence-electron chi connectivity index (χ3n) is 3.02. The largest absolute Gasteiger partial charge is 0.476 e. The van der Waals surface area contributed by atoms with Crippen LogP contribution in [0.1, 0.15) is 50.4 Å². The molecule has 0 radical (unpaired) electrons. The third kappa shape index (κ3) is 2.69. The minimum Gasteiger partial charge on any atom is -0.476 e. The van der Waals surface area contributed by atoms with Gasteiger partial charge in [0.1, 0.15) is 10.7 Å². The second-order valence-electron chi connectivity index (χ2n) is 4.60. The molecule has 0 aliphatic heterocycles. The number of aromatic carboxylic acids is 1. The molecule has 0 saturated heterocycles. The lowest BCUT2D eigenvalue weighted by Gasteiger charge is -1.99. The minimum absolute atomic E-state index is 0.00459. The molecule has 0 aromatic carbocycles. The quantitative estimate of drug-likeness (QED) is 0.771. The predicted molar refractivity (Wildman–Crippen MR) is 70.8 cm³/mol. The van der Waals surface area contributed by atoms with Crippen LogP contribution < -0.4 is 5.32 Å². The number of nitrogens with one attached hydrogen (secondary N) is 2. The van der Waals surface area contributed by atoms with Crippen molar-refractivity contribution in [2.24, 2.45) is 0 Å². The Morgan fingerprint density at radius 2 is 2.25 bits per heavy atom. The number of thiazole rings is 1. The number of hydrogen-bond acceptors (Lipinski definition) is 5. The Hall–Kier alpha value is -2.22. The first-order valence-corrected chi connectivity index (χ1v) is 7.02. The van der Waals surface area contributed by atoms with Crippen molar-refractivity contribution in [2.45, 2.75) is 25.3 Å². The van der Waals surface area contributed by atoms with E-state index in [9.17, 15) is 9.59 Å². The number of carboxylic acid groups (broad SMARTS) is 1. The molecule has 2 aromatic heterocycles. The van der Waals surface area contributed by atoms with Gasteiger partial charge in [0, 0.05) is 17.0 Å². The second-order valence-corrected chi connectivity index (χ2v) is 5.54. The summed E-state index contributed by atoms with van der Waals surface area (Å²) < 4.78 is 0. The summed E-state index contributed by atoms with van der Waals surface area (Å²) in [5.41, 5.74) is 1.34. The summed E-state index contributed by atoms with van der Waals surface area (Å²) in [5, 5.41) is 20.3. The van der Waals surface area contributed by atoms with Gasteiger partial charge in [-0.2, -0.15) is 5.10 Å². The summed E-state index contributed by atoms with van der Waals surface area (Å²) in [6.45, 7) is 0.197. The predicted octanol–water partition coefficient (Wildman–Crippen LogP) is 1.37. The lowest BCUT2D eigenvalue weighted by Crippen LogP contribution is -2.23. The van der Waals surface area contributed by atoms with E-state index in [1.807, 2.05) is 0 Å². The molecule has 0 atom stereocenters. The molecule has 2 heterocycles. The second kappa shape index (κ2) is 5.04. The molecule has 1 aliphatic rings. The van der Waals surface area contributed by atoms with Gasteiger partial charge in [-0.15, -0.1) is 11.3 Å². The third-order valence-corrected chi connectivity index (χ3v) is 3.87. The van der Waals surface area contributed by atoms with Crippen molar-refractivity contribution in [1.29, 1.82) is 0 Å². The Bertz CT molecular complexity index is 659. The smallest absolute Gasteiger partial charge is 0.355 e. The first kappa shape index (κ1) is 12.8. The highest BCUT2D eigenvalue weighted by atomic mass is 32.1. The molecule has 0 unspecified atom stereocenters. The number of amides is 1. The zero-order valence-electron chi connectivity index (χ0n) is 10.4. The normalized spacial score (nSPS) is 14.2. The van der Waals surface area contributed by atoms with Gasteiger partial charge >= 0.3 is 5.97 Å². The van der Waals surface area contributed by atoms with E-state index in [4.69, 9.17) is 5.11 Å². The van der Waals surface area contributed by atoms with E-state index in [1.165, 1.54) is 16.7 Å². The van der Waals surface area contributed by atoms with E-state index in [-0.39, 0.29) is 18.1 Å². The van der Waals surface area contributed by atoms with Crippen LogP contribution in [0.4, 0.5) is 0 Å². The first-order valence-electron chi connectivity index (χ1n) is 6.14. The van der Waals surface area contributed by atoms with Crippen LogP contribution in [0.3, 0.4) is 0 Å². The summed E-state index contributed by atoms with van der Waals surface area (Å²) in [4.78, 5) is 26.5. The summed E-state index contributed by atoms with van der Waals surface area (Å²) in [6.07, 6.45) is 2.28. The molecular formula is C12H12N4O3S. The molecule has 7 nitrogen and oxygen atoms in total. The molecule has 1 saturated carbocycles. The van der Waals surface area contributed by atoms with Gasteiger partial charge in [-0.1, -0.05) is 0 Å². The van der Waals surface area contributed by atoms with Crippen molar-refractivity contribution in [3.63, 3.8) is 0 Å². The summed E-state index contributed by atoms with van der Waals surface area (Å²) in [5.74, 6) is -0.846. The van der Waals surface area contributed by atoms with Crippen molar-refractivity contribution in [3.8, 4) is 0 Å². The molecular weight excluding hydrogens is 280 g/mol. The van der Waals surface area contributed by atoms with Crippen molar-refractivity contribution in [3.05, 3.63) is 33.5 Å². The molecule has 3 rings (SSSR count). The van der Waals surface area contributed by atoms with Crippen LogP contribution in [0.15, 0.2) is 11.4 Å². The SMILES string of the molecule is O=C(O)c1csc(CNC(=O)c2cc(C3CC3)[nH]n2)n1. The van der Waals surface area contributed by atoms with Crippen LogP contribution in [0, 0.1) is 0 Å². The standard InChI is InChI=1S/C12H12N4O3S/c17-11(8-3-7(15-16-8)6-1-2-6)13-4-10-14-9(5-20-10)12(18)19/h3,5-6H,1-2,4H2,(H,13,17)(H,15,16)(H,18,19). The van der Waals surface area contributed by atoms with E-state index in [2.05, 4.69) is 20.5 Å². The number of hydrogen-bond donors (Lipinski definition) is 3. The Morgan fingerprint density at radius 3 is 2.90 bits per heavy atom. The molecule has 8 heteroatoms. The highest BCUT2D eigenvalue weighted by molar-refractivity contribution is 7.09. The molecule has 1 aliphatic carbocycles. The Kier molecular flexibility index (Phi) is 3.23. The number of carboxylic acids is 1. The Balaban J connectivity index is 1.58. The fraction of sp³-hybridized carbons (Fsp3) is 0.333. The van der Waals surface area contributed by atoms with Gasteiger partial charge in [0.05, 0.1) is 6.54 Å². The minimum atomic E-state index is -1.07. The van der Waals surface area contributed by atoms with Gasteiger partial charge in [-0.25, -0.2) is 9.78 Å². The van der Waals surface area contributed by atoms with Crippen molar-refractivity contribution in [1.82, 2.24) is 20.5 Å². The van der Waals surface area contributed by atoms with Crippen molar-refractivity contribution in [2.75, 3.05) is 0 Å². The highest BCUT2D eigenvalue weighted by Gasteiger charge is 2.26. The highest BCUT2D eigenvalue weighted by Crippen LogP contribution is 2.38. The molecule has 1 fully saturated rings. The van der Waals surface area contributed by atoms with Crippen LogP contribution in [-0.4, -0.2) is 32.2 Å². The van der Waals surface area contributed by atoms with Crippen LogP contribution in [0.5, 0.6) is 0 Å².